The van der Waals surface area contributed by atoms with Crippen molar-refractivity contribution in [2.45, 2.75) is 44.2 Å². The maximum atomic E-state index is 10.8. The Bertz CT molecular complexity index is 380. The lowest BCUT2D eigenvalue weighted by molar-refractivity contribution is 0.00359. The zero-order valence-electron chi connectivity index (χ0n) is 13.0. The molecule has 1 fully saturated rings. The highest BCUT2D eigenvalue weighted by Gasteiger charge is 2.34. The topological polar surface area (TPSA) is 54.0 Å². The number of hydrogen-bond acceptors (Lipinski definition) is 5. The van der Waals surface area contributed by atoms with Crippen LogP contribution in [0.4, 0.5) is 0 Å². The minimum atomic E-state index is -0.324. The molecule has 120 valence electrons. The average molecular weight is 296 g/mol. The lowest BCUT2D eigenvalue weighted by Gasteiger charge is -2.36. The summed E-state index contributed by atoms with van der Waals surface area (Å²) in [5.41, 5.74) is 0. The maximum Gasteiger partial charge on any atom is 0.134 e. The lowest BCUT2D eigenvalue weighted by Crippen LogP contribution is -2.49. The fourth-order valence-electron chi connectivity index (χ4n) is 3.77. The van der Waals surface area contributed by atoms with E-state index in [1.165, 1.54) is 25.9 Å². The molecule has 21 heavy (non-hydrogen) atoms. The van der Waals surface area contributed by atoms with Crippen LogP contribution in [0, 0.1) is 5.92 Å². The molecule has 5 heteroatoms. The molecular weight excluding hydrogens is 268 g/mol. The molecule has 2 heterocycles. The van der Waals surface area contributed by atoms with E-state index in [2.05, 4.69) is 10.2 Å². The van der Waals surface area contributed by atoms with E-state index in [1.807, 2.05) is 7.05 Å². The number of hydrogen-bond donors (Lipinski definition) is 2. The Kier molecular flexibility index (Phi) is 5.03. The van der Waals surface area contributed by atoms with Gasteiger partial charge in [0.2, 0.25) is 0 Å². The van der Waals surface area contributed by atoms with Crippen molar-refractivity contribution in [3.8, 4) is 0 Å². The van der Waals surface area contributed by atoms with Crippen LogP contribution in [0.3, 0.4) is 0 Å². The number of ether oxygens (including phenoxy) is 2. The number of likely N-dealkylation sites (N-methyl/N-ethyl adjacent to an activating group) is 1. The predicted molar refractivity (Wildman–Crippen MR) is 80.8 cm³/mol. The Morgan fingerprint density at radius 2 is 1.95 bits per heavy atom. The standard InChI is InChI=1S/C16H28N2O3/c1-17-13(11-18-6-2-3-7-18)16(19)12-4-5-14-15(10-12)21-9-8-20-14/h12-13,16-17,19H,2-11H2,1H3/t12?,13-,16-/m1/s1. The maximum absolute atomic E-state index is 10.8. The van der Waals surface area contributed by atoms with Gasteiger partial charge in [-0.3, -0.25) is 0 Å². The molecule has 0 aromatic rings. The van der Waals surface area contributed by atoms with E-state index >= 15 is 0 Å². The molecule has 0 amide bonds. The van der Waals surface area contributed by atoms with Gasteiger partial charge in [-0.2, -0.15) is 0 Å². The van der Waals surface area contributed by atoms with Crippen LogP contribution in [0.1, 0.15) is 32.1 Å². The molecule has 0 radical (unpaired) electrons. The smallest absolute Gasteiger partial charge is 0.134 e. The van der Waals surface area contributed by atoms with Gasteiger partial charge in [-0.1, -0.05) is 0 Å². The summed E-state index contributed by atoms with van der Waals surface area (Å²) in [6.45, 7) is 4.59. The first-order valence-corrected chi connectivity index (χ1v) is 8.33. The highest BCUT2D eigenvalue weighted by Crippen LogP contribution is 2.35. The third-order valence-corrected chi connectivity index (χ3v) is 5.06. The third kappa shape index (κ3) is 3.52. The molecule has 3 aliphatic rings. The highest BCUT2D eigenvalue weighted by atomic mass is 16.6. The summed E-state index contributed by atoms with van der Waals surface area (Å²) in [5.74, 6) is 2.27. The van der Waals surface area contributed by atoms with Crippen LogP contribution >= 0.6 is 0 Å². The van der Waals surface area contributed by atoms with E-state index in [9.17, 15) is 5.11 Å². The highest BCUT2D eigenvalue weighted by molar-refractivity contribution is 5.10. The fraction of sp³-hybridized carbons (Fsp3) is 0.875. The molecule has 3 atom stereocenters. The van der Waals surface area contributed by atoms with E-state index in [1.54, 1.807) is 0 Å². The van der Waals surface area contributed by atoms with Crippen LogP contribution in [0.25, 0.3) is 0 Å². The van der Waals surface area contributed by atoms with Crippen LogP contribution in [0.2, 0.25) is 0 Å². The molecule has 1 saturated heterocycles. The molecule has 2 aliphatic heterocycles. The van der Waals surface area contributed by atoms with Crippen LogP contribution < -0.4 is 5.32 Å². The molecule has 1 unspecified atom stereocenters. The number of aliphatic hydroxyl groups is 1. The van der Waals surface area contributed by atoms with Gasteiger partial charge >= 0.3 is 0 Å². The Balaban J connectivity index is 1.58. The van der Waals surface area contributed by atoms with Crippen LogP contribution in [-0.4, -0.2) is 62.0 Å². The molecule has 0 bridgehead atoms. The van der Waals surface area contributed by atoms with Crippen molar-refractivity contribution in [2.75, 3.05) is 39.9 Å². The summed E-state index contributed by atoms with van der Waals surface area (Å²) < 4.78 is 11.4. The van der Waals surface area contributed by atoms with Gasteiger partial charge < -0.3 is 24.8 Å². The SMILES string of the molecule is CN[C@H](CN1CCCC1)[C@H](O)C1CCC2=C(C1)OCCO2. The number of allylic oxidation sites excluding steroid dienone is 2. The van der Waals surface area contributed by atoms with Gasteiger partial charge in [-0.05, 0) is 45.3 Å². The van der Waals surface area contributed by atoms with Crippen LogP contribution in [0.15, 0.2) is 11.5 Å². The first-order chi connectivity index (χ1) is 10.3. The summed E-state index contributed by atoms with van der Waals surface area (Å²) in [5, 5.41) is 14.1. The second kappa shape index (κ2) is 6.99. The van der Waals surface area contributed by atoms with E-state index in [4.69, 9.17) is 9.47 Å². The number of aliphatic hydroxyl groups excluding tert-OH is 1. The normalized spacial score (nSPS) is 29.5. The second-order valence-electron chi connectivity index (χ2n) is 6.44. The minimum absolute atomic E-state index is 0.139. The van der Waals surface area contributed by atoms with Gasteiger partial charge in [0.15, 0.2) is 0 Å². The Hall–Kier alpha value is -0.780. The van der Waals surface area contributed by atoms with Crippen molar-refractivity contribution in [3.05, 3.63) is 11.5 Å². The summed E-state index contributed by atoms with van der Waals surface area (Å²) in [7, 11) is 1.96. The number of nitrogens with zero attached hydrogens (tertiary/aromatic N) is 1. The van der Waals surface area contributed by atoms with Gasteiger partial charge in [0, 0.05) is 25.4 Å². The van der Waals surface area contributed by atoms with E-state index in [0.717, 1.165) is 37.3 Å². The van der Waals surface area contributed by atoms with Crippen LogP contribution in [0.5, 0.6) is 0 Å². The molecule has 0 aromatic heterocycles. The fourth-order valence-corrected chi connectivity index (χ4v) is 3.77. The first kappa shape index (κ1) is 15.1. The molecule has 0 aromatic carbocycles. The monoisotopic (exact) mass is 296 g/mol. The lowest BCUT2D eigenvalue weighted by atomic mass is 9.84. The third-order valence-electron chi connectivity index (χ3n) is 5.06. The summed E-state index contributed by atoms with van der Waals surface area (Å²) in [4.78, 5) is 2.46. The molecule has 5 nitrogen and oxygen atoms in total. The van der Waals surface area contributed by atoms with Gasteiger partial charge in [-0.25, -0.2) is 0 Å². The number of nitrogens with one attached hydrogen (secondary N) is 1. The molecule has 2 N–H and O–H groups in total. The van der Waals surface area contributed by atoms with Gasteiger partial charge in [0.05, 0.1) is 6.10 Å². The molecule has 0 spiro atoms. The van der Waals surface area contributed by atoms with Gasteiger partial charge in [0.1, 0.15) is 24.7 Å². The van der Waals surface area contributed by atoms with E-state index in [0.29, 0.717) is 13.2 Å². The van der Waals surface area contributed by atoms with Crippen molar-refractivity contribution in [1.82, 2.24) is 10.2 Å². The van der Waals surface area contributed by atoms with Crippen molar-refractivity contribution in [2.24, 2.45) is 5.92 Å². The summed E-state index contributed by atoms with van der Waals surface area (Å²) in [6.07, 6.45) is 4.96. The Morgan fingerprint density at radius 3 is 2.67 bits per heavy atom. The van der Waals surface area contributed by atoms with E-state index < -0.39 is 0 Å². The minimum Gasteiger partial charge on any atom is -0.491 e. The van der Waals surface area contributed by atoms with Crippen molar-refractivity contribution in [3.63, 3.8) is 0 Å². The molecule has 3 rings (SSSR count). The zero-order valence-corrected chi connectivity index (χ0v) is 13.0. The van der Waals surface area contributed by atoms with Gasteiger partial charge in [-0.15, -0.1) is 0 Å². The van der Waals surface area contributed by atoms with Crippen molar-refractivity contribution in [1.29, 1.82) is 0 Å². The number of rotatable bonds is 5. The quantitative estimate of drug-likeness (QED) is 0.795. The summed E-state index contributed by atoms with van der Waals surface area (Å²) >= 11 is 0. The van der Waals surface area contributed by atoms with Crippen molar-refractivity contribution >= 4 is 0 Å². The summed E-state index contributed by atoms with van der Waals surface area (Å²) in [6, 6.07) is 0.139. The Morgan fingerprint density at radius 1 is 1.24 bits per heavy atom. The second-order valence-corrected chi connectivity index (χ2v) is 6.44. The predicted octanol–water partition coefficient (Wildman–Crippen LogP) is 1.09. The van der Waals surface area contributed by atoms with Crippen LogP contribution in [-0.2, 0) is 9.47 Å². The molecular formula is C16H28N2O3. The molecule has 1 aliphatic carbocycles. The Labute approximate surface area is 127 Å². The average Bonchev–Trinajstić information content (AvgIpc) is 3.04. The van der Waals surface area contributed by atoms with Gasteiger partial charge in [0.25, 0.3) is 0 Å². The largest absolute Gasteiger partial charge is 0.491 e. The van der Waals surface area contributed by atoms with E-state index in [-0.39, 0.29) is 18.1 Å². The first-order valence-electron chi connectivity index (χ1n) is 8.33. The zero-order chi connectivity index (χ0) is 14.7. The molecule has 0 saturated carbocycles. The number of likely N-dealkylation sites (tertiary alicyclic amines) is 1. The van der Waals surface area contributed by atoms with Crippen molar-refractivity contribution < 1.29 is 14.6 Å².